The molecule has 1 unspecified atom stereocenters. The lowest BCUT2D eigenvalue weighted by molar-refractivity contribution is 0.0701. The second-order valence-corrected chi connectivity index (χ2v) is 6.57. The molecule has 4 rings (SSSR count). The summed E-state index contributed by atoms with van der Waals surface area (Å²) in [6.45, 7) is 0. The van der Waals surface area contributed by atoms with E-state index in [0.717, 1.165) is 0 Å². The Bertz CT molecular complexity index is 1210. The average Bonchev–Trinajstić information content (AvgIpc) is 3.32. The quantitative estimate of drug-likeness (QED) is 0.492. The molecule has 2 aromatic carbocycles. The fraction of sp³-hybridized carbons (Fsp3) is 0.130. The summed E-state index contributed by atoms with van der Waals surface area (Å²) in [6, 6.07) is 15.5. The van der Waals surface area contributed by atoms with E-state index < -0.39 is 11.9 Å². The fourth-order valence-electron chi connectivity index (χ4n) is 3.51. The standard InChI is InChI=1S/C23H18N2O6/c1-27-17-6-3-5-15(21(17)28-2)20-14-9-8-13(30-23(26)18-7-4-10-29-18)11-19(14)31-22(25)16(20)12-24/h3-11,20H,25H2,1-2H3. The number of methoxy groups -OCH3 is 2. The van der Waals surface area contributed by atoms with Crippen LogP contribution in [-0.2, 0) is 0 Å². The zero-order valence-corrected chi connectivity index (χ0v) is 16.7. The van der Waals surface area contributed by atoms with Gasteiger partial charge in [0.15, 0.2) is 11.5 Å². The molecule has 0 radical (unpaired) electrons. The molecule has 1 aliphatic heterocycles. The third-order valence-corrected chi connectivity index (χ3v) is 4.87. The van der Waals surface area contributed by atoms with Crippen LogP contribution < -0.4 is 24.7 Å². The Hall–Kier alpha value is -4.38. The van der Waals surface area contributed by atoms with E-state index >= 15 is 0 Å². The summed E-state index contributed by atoms with van der Waals surface area (Å²) < 4.78 is 27.0. The molecule has 0 spiro atoms. The van der Waals surface area contributed by atoms with Crippen LogP contribution in [0.15, 0.2) is 70.7 Å². The van der Waals surface area contributed by atoms with Crippen LogP contribution in [0.4, 0.5) is 0 Å². The lowest BCUT2D eigenvalue weighted by atomic mass is 9.83. The molecule has 31 heavy (non-hydrogen) atoms. The van der Waals surface area contributed by atoms with Gasteiger partial charge in [0.25, 0.3) is 0 Å². The SMILES string of the molecule is COc1cccc(C2C(C#N)=C(N)Oc3cc(OC(=O)c4ccco4)ccc32)c1OC. The number of benzene rings is 2. The first-order chi connectivity index (χ1) is 15.1. The van der Waals surface area contributed by atoms with Gasteiger partial charge < -0.3 is 29.1 Å². The van der Waals surface area contributed by atoms with Gasteiger partial charge in [-0.2, -0.15) is 5.26 Å². The van der Waals surface area contributed by atoms with Crippen molar-refractivity contribution in [3.05, 3.63) is 83.1 Å². The number of hydrogen-bond donors (Lipinski definition) is 1. The van der Waals surface area contributed by atoms with E-state index in [9.17, 15) is 10.1 Å². The molecule has 2 heterocycles. The van der Waals surface area contributed by atoms with Gasteiger partial charge in [-0.15, -0.1) is 0 Å². The predicted octanol–water partition coefficient (Wildman–Crippen LogP) is 3.73. The highest BCUT2D eigenvalue weighted by atomic mass is 16.5. The Kier molecular flexibility index (Phi) is 5.24. The molecule has 1 atom stereocenters. The zero-order chi connectivity index (χ0) is 22.0. The first-order valence-electron chi connectivity index (χ1n) is 9.25. The maximum Gasteiger partial charge on any atom is 0.379 e. The number of furan rings is 1. The van der Waals surface area contributed by atoms with E-state index in [0.29, 0.717) is 28.4 Å². The van der Waals surface area contributed by atoms with Crippen molar-refractivity contribution in [1.29, 1.82) is 5.26 Å². The highest BCUT2D eigenvalue weighted by molar-refractivity contribution is 5.88. The van der Waals surface area contributed by atoms with Crippen LogP contribution >= 0.6 is 0 Å². The Labute approximate surface area is 178 Å². The Morgan fingerprint density at radius 1 is 1.10 bits per heavy atom. The van der Waals surface area contributed by atoms with Crippen LogP contribution in [0.2, 0.25) is 0 Å². The van der Waals surface area contributed by atoms with Crippen molar-refractivity contribution in [2.75, 3.05) is 14.2 Å². The topological polar surface area (TPSA) is 117 Å². The minimum atomic E-state index is -0.645. The summed E-state index contributed by atoms with van der Waals surface area (Å²) in [4.78, 5) is 12.2. The normalized spacial score (nSPS) is 14.8. The third-order valence-electron chi connectivity index (χ3n) is 4.87. The largest absolute Gasteiger partial charge is 0.493 e. The number of fused-ring (bicyclic) bond motifs is 1. The van der Waals surface area contributed by atoms with E-state index in [4.69, 9.17) is 29.1 Å². The Morgan fingerprint density at radius 2 is 1.94 bits per heavy atom. The number of nitriles is 1. The van der Waals surface area contributed by atoms with Gasteiger partial charge in [-0.25, -0.2) is 4.79 Å². The van der Waals surface area contributed by atoms with E-state index in [1.807, 2.05) is 6.07 Å². The van der Waals surface area contributed by atoms with E-state index in [-0.39, 0.29) is 23.0 Å². The van der Waals surface area contributed by atoms with Crippen molar-refractivity contribution >= 4 is 5.97 Å². The van der Waals surface area contributed by atoms with Gasteiger partial charge in [0.05, 0.1) is 26.4 Å². The van der Waals surface area contributed by atoms with Crippen molar-refractivity contribution in [3.63, 3.8) is 0 Å². The van der Waals surface area contributed by atoms with Gasteiger partial charge in [0.1, 0.15) is 23.1 Å². The molecule has 3 aromatic rings. The van der Waals surface area contributed by atoms with E-state index in [2.05, 4.69) is 6.07 Å². The molecule has 1 aromatic heterocycles. The number of nitrogens with two attached hydrogens (primary N) is 1. The molecule has 8 nitrogen and oxygen atoms in total. The van der Waals surface area contributed by atoms with Gasteiger partial charge in [-0.3, -0.25) is 0 Å². The number of rotatable bonds is 5. The Balaban J connectivity index is 1.78. The summed E-state index contributed by atoms with van der Waals surface area (Å²) in [5, 5.41) is 9.77. The van der Waals surface area contributed by atoms with Gasteiger partial charge in [-0.05, 0) is 24.3 Å². The number of ether oxygens (including phenoxy) is 4. The molecule has 0 saturated carbocycles. The van der Waals surface area contributed by atoms with Crippen molar-refractivity contribution in [3.8, 4) is 29.1 Å². The number of esters is 1. The third kappa shape index (κ3) is 3.53. The van der Waals surface area contributed by atoms with Crippen molar-refractivity contribution in [2.45, 2.75) is 5.92 Å². The lowest BCUT2D eigenvalue weighted by Gasteiger charge is -2.28. The molecular formula is C23H18N2O6. The average molecular weight is 418 g/mol. The summed E-state index contributed by atoms with van der Waals surface area (Å²) in [5.74, 6) is 0.426. The molecule has 0 bridgehead atoms. The van der Waals surface area contributed by atoms with Gasteiger partial charge in [-0.1, -0.05) is 18.2 Å². The first kappa shape index (κ1) is 19.9. The number of carbonyl (C=O) groups excluding carboxylic acids is 1. The molecule has 8 heteroatoms. The number of para-hydroxylation sites is 1. The van der Waals surface area contributed by atoms with Crippen molar-refractivity contribution < 1.29 is 28.2 Å². The maximum absolute atomic E-state index is 12.2. The zero-order valence-electron chi connectivity index (χ0n) is 16.7. The number of hydrogen-bond acceptors (Lipinski definition) is 8. The summed E-state index contributed by atoms with van der Waals surface area (Å²) >= 11 is 0. The van der Waals surface area contributed by atoms with Crippen LogP contribution in [0.3, 0.4) is 0 Å². The van der Waals surface area contributed by atoms with Gasteiger partial charge in [0, 0.05) is 17.2 Å². The second kappa shape index (κ2) is 8.16. The highest BCUT2D eigenvalue weighted by Crippen LogP contribution is 2.47. The molecule has 1 aliphatic rings. The highest BCUT2D eigenvalue weighted by Gasteiger charge is 2.33. The number of carbonyl (C=O) groups is 1. The van der Waals surface area contributed by atoms with Gasteiger partial charge >= 0.3 is 5.97 Å². The van der Waals surface area contributed by atoms with Crippen LogP contribution in [0.1, 0.15) is 27.6 Å². The maximum atomic E-state index is 12.2. The van der Waals surface area contributed by atoms with Crippen LogP contribution in [0.5, 0.6) is 23.0 Å². The van der Waals surface area contributed by atoms with Crippen molar-refractivity contribution in [1.82, 2.24) is 0 Å². The smallest absolute Gasteiger partial charge is 0.379 e. The molecule has 0 aliphatic carbocycles. The van der Waals surface area contributed by atoms with E-state index in [1.54, 1.807) is 30.3 Å². The van der Waals surface area contributed by atoms with Crippen molar-refractivity contribution in [2.24, 2.45) is 5.73 Å². The molecule has 0 amide bonds. The molecule has 0 saturated heterocycles. The minimum Gasteiger partial charge on any atom is -0.493 e. The fourth-order valence-corrected chi connectivity index (χ4v) is 3.51. The Morgan fingerprint density at radius 3 is 2.61 bits per heavy atom. The molecular weight excluding hydrogens is 400 g/mol. The second-order valence-electron chi connectivity index (χ2n) is 6.57. The number of allylic oxidation sites excluding steroid dienone is 1. The summed E-state index contributed by atoms with van der Waals surface area (Å²) in [6.07, 6.45) is 1.38. The van der Waals surface area contributed by atoms with Crippen LogP contribution in [0, 0.1) is 11.3 Å². The lowest BCUT2D eigenvalue weighted by Crippen LogP contribution is -2.21. The van der Waals surface area contributed by atoms with E-state index in [1.165, 1.54) is 32.6 Å². The first-order valence-corrected chi connectivity index (χ1v) is 9.25. The van der Waals surface area contributed by atoms with Gasteiger partial charge in [0.2, 0.25) is 11.6 Å². The van der Waals surface area contributed by atoms with Crippen LogP contribution in [0.25, 0.3) is 0 Å². The summed E-state index contributed by atoms with van der Waals surface area (Å²) in [7, 11) is 3.06. The molecule has 156 valence electrons. The van der Waals surface area contributed by atoms with Crippen LogP contribution in [-0.4, -0.2) is 20.2 Å². The summed E-state index contributed by atoms with van der Waals surface area (Å²) in [5.41, 5.74) is 7.65. The predicted molar refractivity (Wildman–Crippen MR) is 109 cm³/mol. The minimum absolute atomic E-state index is 0.0422. The monoisotopic (exact) mass is 418 g/mol. The molecule has 2 N–H and O–H groups in total. The molecule has 0 fully saturated rings. The number of nitrogens with zero attached hydrogens (tertiary/aromatic N) is 1.